The predicted molar refractivity (Wildman–Crippen MR) is 67.8 cm³/mol. The number of rotatable bonds is 3. The summed E-state index contributed by atoms with van der Waals surface area (Å²) in [6.07, 6.45) is 0. The van der Waals surface area contributed by atoms with Crippen molar-refractivity contribution in [3.05, 3.63) is 0 Å². The van der Waals surface area contributed by atoms with Crippen LogP contribution in [-0.2, 0) is 0 Å². The van der Waals surface area contributed by atoms with Crippen LogP contribution in [0.2, 0.25) is 10.2 Å². The van der Waals surface area contributed by atoms with E-state index < -0.39 is 0 Å². The van der Waals surface area contributed by atoms with E-state index in [4.69, 9.17) is 5.84 Å². The zero-order valence-electron chi connectivity index (χ0n) is 8.65. The number of nitrogens with one attached hydrogen (secondary N) is 1. The quantitative estimate of drug-likeness (QED) is 0.235. The molecule has 0 aromatic heterocycles. The Morgan fingerprint density at radius 2 is 1.18 bits per heavy atom. The van der Waals surface area contributed by atoms with Crippen molar-refractivity contribution in [3.8, 4) is 0 Å². The van der Waals surface area contributed by atoms with Gasteiger partial charge in [0.25, 0.3) is 0 Å². The lowest BCUT2D eigenvalue weighted by molar-refractivity contribution is 0.532. The monoisotopic (exact) mass is 146 g/mol. The van der Waals surface area contributed by atoms with E-state index >= 15 is 0 Å². The first-order chi connectivity index (χ1) is 4.69. The molecular formula is C3H16B6N2. The number of hydrogen-bond acceptors (Lipinski definition) is 2. The van der Waals surface area contributed by atoms with E-state index in [9.17, 15) is 0 Å². The Kier molecular flexibility index (Phi) is 3.45. The Balaban J connectivity index is 4.43. The first-order valence-electron chi connectivity index (χ1n) is 4.15. The van der Waals surface area contributed by atoms with Crippen molar-refractivity contribution in [3.63, 3.8) is 0 Å². The smallest absolute Gasteiger partial charge is 0.0924 e. The predicted octanol–water partition coefficient (Wildman–Crippen LogP) is -6.24. The Morgan fingerprint density at radius 1 is 0.909 bits per heavy atom. The molecule has 0 amide bonds. The molecule has 0 fully saturated rings. The van der Waals surface area contributed by atoms with Gasteiger partial charge in [-0.15, -0.1) is 0 Å². The van der Waals surface area contributed by atoms with Crippen LogP contribution in [0.15, 0.2) is 0 Å². The second kappa shape index (κ2) is 3.36. The molecule has 0 aliphatic rings. The van der Waals surface area contributed by atoms with E-state index in [0.29, 0.717) is 6.04 Å². The third kappa shape index (κ3) is 3.48. The van der Waals surface area contributed by atoms with Crippen molar-refractivity contribution in [2.24, 2.45) is 5.84 Å². The molecule has 56 valence electrons. The molecule has 0 rings (SSSR count). The molecular weight excluding hydrogens is 129 g/mol. The Hall–Kier alpha value is 0.310. The fourth-order valence-corrected chi connectivity index (χ4v) is 1.80. The number of nitrogens with two attached hydrogens (primary N) is 1. The van der Waals surface area contributed by atoms with Crippen molar-refractivity contribution >= 4 is 47.1 Å². The summed E-state index contributed by atoms with van der Waals surface area (Å²) in [7, 11) is 13.2. The molecule has 0 bridgehead atoms. The fraction of sp³-hybridized carbons (Fsp3) is 1.00. The summed E-state index contributed by atoms with van der Waals surface area (Å²) in [5.74, 6) is 5.50. The summed E-state index contributed by atoms with van der Waals surface area (Å²) >= 11 is 0. The van der Waals surface area contributed by atoms with Gasteiger partial charge >= 0.3 is 0 Å². The van der Waals surface area contributed by atoms with Crippen LogP contribution in [0.4, 0.5) is 0 Å². The van der Waals surface area contributed by atoms with Gasteiger partial charge in [-0.2, -0.15) is 0 Å². The van der Waals surface area contributed by atoms with Crippen LogP contribution in [-0.4, -0.2) is 53.1 Å². The van der Waals surface area contributed by atoms with Crippen LogP contribution in [0.5, 0.6) is 0 Å². The minimum Gasteiger partial charge on any atom is -0.271 e. The van der Waals surface area contributed by atoms with E-state index in [1.54, 1.807) is 0 Å². The molecule has 2 nitrogen and oxygen atoms in total. The first kappa shape index (κ1) is 11.3. The lowest BCUT2D eigenvalue weighted by Gasteiger charge is -2.41. The zero-order chi connectivity index (χ0) is 9.28. The van der Waals surface area contributed by atoms with Gasteiger partial charge in [0.15, 0.2) is 0 Å². The highest BCUT2D eigenvalue weighted by atomic mass is 15.2. The van der Waals surface area contributed by atoms with Crippen molar-refractivity contribution in [1.29, 1.82) is 0 Å². The van der Waals surface area contributed by atoms with Gasteiger partial charge < -0.3 is 0 Å². The average Bonchev–Trinajstić information content (AvgIpc) is 1.56. The van der Waals surface area contributed by atoms with Crippen molar-refractivity contribution < 1.29 is 0 Å². The number of hydrogen-bond donors (Lipinski definition) is 2. The summed E-state index contributed by atoms with van der Waals surface area (Å²) in [5.41, 5.74) is 2.88. The van der Waals surface area contributed by atoms with Crippen LogP contribution in [0.1, 0.15) is 0 Å². The second-order valence-corrected chi connectivity index (χ2v) is 5.33. The minimum absolute atomic E-state index is 0.215. The van der Waals surface area contributed by atoms with E-state index in [2.05, 4.69) is 52.5 Å². The standard InChI is InChI=1S/C3H16B6N2/c4-2(5,6)1(11-10)3(7,8)9/h1,11H,4-10H2. The molecule has 0 aromatic rings. The van der Waals surface area contributed by atoms with Crippen molar-refractivity contribution in [2.75, 3.05) is 0 Å². The van der Waals surface area contributed by atoms with Gasteiger partial charge in [-0.05, 0) is 6.04 Å². The third-order valence-corrected chi connectivity index (χ3v) is 1.90. The molecule has 0 spiro atoms. The lowest BCUT2D eigenvalue weighted by Crippen LogP contribution is -2.53. The molecule has 0 aliphatic heterocycles. The fourth-order valence-electron chi connectivity index (χ4n) is 1.80. The second-order valence-electron chi connectivity index (χ2n) is 5.33. The largest absolute Gasteiger partial charge is 0.271 e. The SMILES string of the molecule is BC(B)(B)C(NN)C(B)(B)B. The molecule has 0 saturated carbocycles. The molecule has 0 radical (unpaired) electrons. The maximum atomic E-state index is 5.50. The highest BCUT2D eigenvalue weighted by molar-refractivity contribution is 6.64. The summed E-state index contributed by atoms with van der Waals surface area (Å²) < 4.78 is 0. The minimum atomic E-state index is 0.215. The maximum Gasteiger partial charge on any atom is 0.0924 e. The summed E-state index contributed by atoms with van der Waals surface area (Å²) in [6.45, 7) is 0. The molecule has 0 heterocycles. The normalized spacial score (nSPS) is 13.6. The molecule has 11 heavy (non-hydrogen) atoms. The van der Waals surface area contributed by atoms with Gasteiger partial charge in [-0.1, -0.05) is 10.2 Å². The van der Waals surface area contributed by atoms with Crippen molar-refractivity contribution in [2.45, 2.75) is 16.3 Å². The summed E-state index contributed by atoms with van der Waals surface area (Å²) in [4.78, 5) is 0. The molecule has 0 unspecified atom stereocenters. The van der Waals surface area contributed by atoms with Gasteiger partial charge in [-0.25, -0.2) is 0 Å². The van der Waals surface area contributed by atoms with Crippen LogP contribution in [0.3, 0.4) is 0 Å². The van der Waals surface area contributed by atoms with E-state index in [1.807, 2.05) is 0 Å². The Labute approximate surface area is 75.2 Å². The first-order valence-corrected chi connectivity index (χ1v) is 4.15. The topological polar surface area (TPSA) is 38.0 Å². The molecule has 0 aromatic carbocycles. The molecule has 0 atom stereocenters. The Bertz CT molecular complexity index is 111. The molecule has 0 saturated heterocycles. The van der Waals surface area contributed by atoms with Gasteiger partial charge in [0, 0.05) is 0 Å². The van der Waals surface area contributed by atoms with Gasteiger partial charge in [0.1, 0.15) is 0 Å². The Morgan fingerprint density at radius 3 is 1.18 bits per heavy atom. The van der Waals surface area contributed by atoms with Crippen LogP contribution in [0.25, 0.3) is 0 Å². The van der Waals surface area contributed by atoms with Crippen LogP contribution in [0, 0.1) is 0 Å². The molecule has 3 N–H and O–H groups in total. The number of hydrazine groups is 1. The molecule has 8 heteroatoms. The van der Waals surface area contributed by atoms with Gasteiger partial charge in [-0.3, -0.25) is 11.3 Å². The summed E-state index contributed by atoms with van der Waals surface area (Å²) in [5, 5.41) is 0.431. The van der Waals surface area contributed by atoms with Crippen LogP contribution < -0.4 is 11.3 Å². The zero-order valence-corrected chi connectivity index (χ0v) is 8.65. The molecule has 0 aliphatic carbocycles. The maximum absolute atomic E-state index is 5.50. The van der Waals surface area contributed by atoms with E-state index in [0.717, 1.165) is 0 Å². The van der Waals surface area contributed by atoms with Gasteiger partial charge in [0.2, 0.25) is 0 Å². The van der Waals surface area contributed by atoms with Crippen LogP contribution >= 0.6 is 0 Å². The van der Waals surface area contributed by atoms with E-state index in [1.165, 1.54) is 0 Å². The third-order valence-electron chi connectivity index (χ3n) is 1.90. The van der Waals surface area contributed by atoms with Gasteiger partial charge in [0.05, 0.1) is 47.1 Å². The average molecular weight is 145 g/mol. The summed E-state index contributed by atoms with van der Waals surface area (Å²) in [6, 6.07) is 0.343. The van der Waals surface area contributed by atoms with E-state index in [-0.39, 0.29) is 10.2 Å². The lowest BCUT2D eigenvalue weighted by atomic mass is 9.27. The highest BCUT2D eigenvalue weighted by Crippen LogP contribution is 2.29. The highest BCUT2D eigenvalue weighted by Gasteiger charge is 2.32. The van der Waals surface area contributed by atoms with Crippen molar-refractivity contribution in [1.82, 2.24) is 5.43 Å².